The number of halogens is 1. The van der Waals surface area contributed by atoms with Crippen molar-refractivity contribution >= 4 is 11.6 Å². The quantitative estimate of drug-likeness (QED) is 0.673. The lowest BCUT2D eigenvalue weighted by molar-refractivity contribution is 0.351. The lowest BCUT2D eigenvalue weighted by atomic mass is 9.98. The number of nitrogens with two attached hydrogens (primary N) is 1. The molecule has 4 nitrogen and oxygen atoms in total. The summed E-state index contributed by atoms with van der Waals surface area (Å²) in [5.74, 6) is 6.68. The van der Waals surface area contributed by atoms with Crippen LogP contribution in [0.3, 0.4) is 0 Å². The van der Waals surface area contributed by atoms with Crippen molar-refractivity contribution in [3.8, 4) is 5.75 Å². The maximum absolute atomic E-state index is 6.20. The third kappa shape index (κ3) is 3.02. The van der Waals surface area contributed by atoms with E-state index in [9.17, 15) is 0 Å². The first kappa shape index (κ1) is 14.3. The Morgan fingerprint density at radius 2 is 2.29 bits per heavy atom. The number of aromatic nitrogens is 1. The van der Waals surface area contributed by atoms with Crippen molar-refractivity contribution < 1.29 is 4.74 Å². The van der Waals surface area contributed by atoms with E-state index in [1.165, 1.54) is 5.56 Å². The van der Waals surface area contributed by atoms with Crippen LogP contribution in [0.15, 0.2) is 30.5 Å². The summed E-state index contributed by atoms with van der Waals surface area (Å²) in [6, 6.07) is 7.94. The Bertz CT molecular complexity index is 643. The number of benzene rings is 1. The largest absolute Gasteiger partial charge is 0.493 e. The predicted octanol–water partition coefficient (Wildman–Crippen LogP) is 2.73. The average Bonchev–Trinajstić information content (AvgIpc) is 2.94. The van der Waals surface area contributed by atoms with Gasteiger partial charge in [0.15, 0.2) is 0 Å². The second-order valence-electron chi connectivity index (χ2n) is 5.31. The van der Waals surface area contributed by atoms with Crippen LogP contribution >= 0.6 is 11.6 Å². The zero-order chi connectivity index (χ0) is 14.8. The SMILES string of the molecule is Cc1ccc(C(Cc2cc(Cl)cc3c2OCC3)NN)cn1. The molecule has 0 radical (unpaired) electrons. The van der Waals surface area contributed by atoms with Crippen LogP contribution in [0.2, 0.25) is 5.02 Å². The van der Waals surface area contributed by atoms with Gasteiger partial charge in [0.1, 0.15) is 5.75 Å². The Hall–Kier alpha value is -1.62. The molecule has 0 bridgehead atoms. The summed E-state index contributed by atoms with van der Waals surface area (Å²) in [7, 11) is 0. The fourth-order valence-corrected chi connectivity index (χ4v) is 2.94. The second kappa shape index (κ2) is 6.02. The summed E-state index contributed by atoms with van der Waals surface area (Å²) in [4.78, 5) is 4.33. The number of hydrogen-bond acceptors (Lipinski definition) is 4. The van der Waals surface area contributed by atoms with Crippen molar-refractivity contribution in [3.63, 3.8) is 0 Å². The lowest BCUT2D eigenvalue weighted by Crippen LogP contribution is -2.29. The van der Waals surface area contributed by atoms with Crippen LogP contribution in [0, 0.1) is 6.92 Å². The molecule has 1 atom stereocenters. The van der Waals surface area contributed by atoms with Gasteiger partial charge in [0.25, 0.3) is 0 Å². The zero-order valence-electron chi connectivity index (χ0n) is 11.9. The fourth-order valence-electron chi connectivity index (χ4n) is 2.68. The van der Waals surface area contributed by atoms with Crippen LogP contribution in [0.1, 0.15) is 28.4 Å². The van der Waals surface area contributed by atoms with Crippen molar-refractivity contribution in [2.45, 2.75) is 25.8 Å². The van der Waals surface area contributed by atoms with Gasteiger partial charge in [-0.3, -0.25) is 16.3 Å². The van der Waals surface area contributed by atoms with Gasteiger partial charge in [-0.2, -0.15) is 0 Å². The number of nitrogens with zero attached hydrogens (tertiary/aromatic N) is 1. The molecule has 110 valence electrons. The van der Waals surface area contributed by atoms with Crippen molar-refractivity contribution in [2.75, 3.05) is 6.61 Å². The highest BCUT2D eigenvalue weighted by atomic mass is 35.5. The molecule has 5 heteroatoms. The third-order valence-corrected chi connectivity index (χ3v) is 4.01. The van der Waals surface area contributed by atoms with Crippen molar-refractivity contribution in [3.05, 3.63) is 57.9 Å². The first-order valence-electron chi connectivity index (χ1n) is 7.00. The van der Waals surface area contributed by atoms with Gasteiger partial charge in [-0.15, -0.1) is 0 Å². The number of ether oxygens (including phenoxy) is 1. The first-order chi connectivity index (χ1) is 10.2. The number of rotatable bonds is 4. The standard InChI is InChI=1S/C16H18ClN3O/c1-10-2-3-12(9-19-10)15(20-18)8-13-7-14(17)6-11-4-5-21-16(11)13/h2-3,6-7,9,15,20H,4-5,8,18H2,1H3. The van der Waals surface area contributed by atoms with Crippen LogP contribution in [0.25, 0.3) is 0 Å². The molecule has 0 fully saturated rings. The highest BCUT2D eigenvalue weighted by Gasteiger charge is 2.20. The van der Waals surface area contributed by atoms with E-state index in [1.54, 1.807) is 0 Å². The molecular formula is C16H18ClN3O. The molecule has 0 amide bonds. The molecule has 1 aromatic carbocycles. The van der Waals surface area contributed by atoms with E-state index in [4.69, 9.17) is 22.2 Å². The van der Waals surface area contributed by atoms with Crippen LogP contribution in [-0.2, 0) is 12.8 Å². The summed E-state index contributed by atoms with van der Waals surface area (Å²) >= 11 is 6.20. The van der Waals surface area contributed by atoms with Crippen molar-refractivity contribution in [1.29, 1.82) is 0 Å². The molecule has 2 aromatic rings. The molecule has 1 aromatic heterocycles. The maximum Gasteiger partial charge on any atom is 0.125 e. The first-order valence-corrected chi connectivity index (χ1v) is 7.38. The Labute approximate surface area is 129 Å². The number of hydrazine groups is 1. The Morgan fingerprint density at radius 3 is 3.00 bits per heavy atom. The van der Waals surface area contributed by atoms with Gasteiger partial charge in [-0.05, 0) is 48.2 Å². The minimum atomic E-state index is -0.0233. The minimum Gasteiger partial charge on any atom is -0.493 e. The topological polar surface area (TPSA) is 60.2 Å². The van der Waals surface area contributed by atoms with E-state index >= 15 is 0 Å². The Kier molecular flexibility index (Phi) is 4.10. The summed E-state index contributed by atoms with van der Waals surface area (Å²) in [6.07, 6.45) is 3.48. The van der Waals surface area contributed by atoms with Gasteiger partial charge >= 0.3 is 0 Å². The average molecular weight is 304 g/mol. The van der Waals surface area contributed by atoms with Gasteiger partial charge in [-0.1, -0.05) is 17.7 Å². The lowest BCUT2D eigenvalue weighted by Gasteiger charge is -2.18. The smallest absolute Gasteiger partial charge is 0.125 e. The van der Waals surface area contributed by atoms with Gasteiger partial charge in [0.05, 0.1) is 12.6 Å². The molecule has 0 aliphatic carbocycles. The summed E-state index contributed by atoms with van der Waals surface area (Å²) in [5, 5.41) is 0.743. The predicted molar refractivity (Wildman–Crippen MR) is 83.4 cm³/mol. The molecule has 1 aliphatic heterocycles. The normalized spacial score (nSPS) is 14.6. The minimum absolute atomic E-state index is 0.0233. The van der Waals surface area contributed by atoms with Gasteiger partial charge in [-0.25, -0.2) is 0 Å². The number of fused-ring (bicyclic) bond motifs is 1. The highest BCUT2D eigenvalue weighted by Crippen LogP contribution is 2.35. The number of nitrogens with one attached hydrogen (secondary N) is 1. The van der Waals surface area contributed by atoms with Crippen LogP contribution in [-0.4, -0.2) is 11.6 Å². The molecule has 1 aliphatic rings. The molecular weight excluding hydrogens is 286 g/mol. The van der Waals surface area contributed by atoms with Gasteiger partial charge in [0.2, 0.25) is 0 Å². The molecule has 0 spiro atoms. The summed E-state index contributed by atoms with van der Waals surface area (Å²) in [6.45, 7) is 2.68. The molecule has 0 saturated carbocycles. The number of hydrogen-bond donors (Lipinski definition) is 2. The van der Waals surface area contributed by atoms with E-state index in [1.807, 2.05) is 37.4 Å². The second-order valence-corrected chi connectivity index (χ2v) is 5.74. The molecule has 3 N–H and O–H groups in total. The van der Waals surface area contributed by atoms with Crippen LogP contribution < -0.4 is 16.0 Å². The number of pyridine rings is 1. The molecule has 1 unspecified atom stereocenters. The van der Waals surface area contributed by atoms with E-state index in [0.717, 1.165) is 40.6 Å². The maximum atomic E-state index is 6.20. The fraction of sp³-hybridized carbons (Fsp3) is 0.312. The van der Waals surface area contributed by atoms with E-state index in [0.29, 0.717) is 6.42 Å². The third-order valence-electron chi connectivity index (χ3n) is 3.79. The molecule has 0 saturated heterocycles. The van der Waals surface area contributed by atoms with E-state index in [-0.39, 0.29) is 6.04 Å². The molecule has 3 rings (SSSR count). The zero-order valence-corrected chi connectivity index (χ0v) is 12.7. The Morgan fingerprint density at radius 1 is 1.43 bits per heavy atom. The summed E-state index contributed by atoms with van der Waals surface area (Å²) in [5.41, 5.74) is 7.15. The highest BCUT2D eigenvalue weighted by molar-refractivity contribution is 6.30. The Balaban J connectivity index is 1.89. The molecule has 2 heterocycles. The van der Waals surface area contributed by atoms with Gasteiger partial charge < -0.3 is 4.74 Å². The van der Waals surface area contributed by atoms with Crippen LogP contribution in [0.4, 0.5) is 0 Å². The van der Waals surface area contributed by atoms with Crippen molar-refractivity contribution in [1.82, 2.24) is 10.4 Å². The molecule has 21 heavy (non-hydrogen) atoms. The van der Waals surface area contributed by atoms with E-state index in [2.05, 4.69) is 10.4 Å². The summed E-state index contributed by atoms with van der Waals surface area (Å²) < 4.78 is 5.74. The van der Waals surface area contributed by atoms with E-state index < -0.39 is 0 Å². The monoisotopic (exact) mass is 303 g/mol. The van der Waals surface area contributed by atoms with Gasteiger partial charge in [0, 0.05) is 23.3 Å². The van der Waals surface area contributed by atoms with Crippen molar-refractivity contribution in [2.24, 2.45) is 5.84 Å². The van der Waals surface area contributed by atoms with Crippen LogP contribution in [0.5, 0.6) is 5.75 Å². The number of aryl methyl sites for hydroxylation is 1.